The number of hydrogen-bond donors (Lipinski definition) is 1. The van der Waals surface area contributed by atoms with Gasteiger partial charge >= 0.3 is 0 Å². The minimum atomic E-state index is 0.0208. The molecule has 4 heteroatoms. The van der Waals surface area contributed by atoms with Gasteiger partial charge in [-0.1, -0.05) is 40.2 Å². The molecule has 1 amide bonds. The number of carbonyl (C=O) groups excluding carboxylic acids is 1. The smallest absolute Gasteiger partial charge is 0.243 e. The van der Waals surface area contributed by atoms with Crippen molar-refractivity contribution in [2.24, 2.45) is 0 Å². The zero-order valence-electron chi connectivity index (χ0n) is 12.6. The van der Waals surface area contributed by atoms with Gasteiger partial charge in [0.1, 0.15) is 0 Å². The Kier molecular flexibility index (Phi) is 4.48. The van der Waals surface area contributed by atoms with E-state index in [0.717, 1.165) is 35.1 Å². The summed E-state index contributed by atoms with van der Waals surface area (Å²) in [5.74, 6) is 0.0208. The van der Waals surface area contributed by atoms with E-state index in [1.807, 2.05) is 31.2 Å². The number of benzene rings is 2. The highest BCUT2D eigenvalue weighted by Gasteiger charge is 2.18. The van der Waals surface area contributed by atoms with E-state index in [0.29, 0.717) is 6.54 Å². The number of hydrogen-bond acceptors (Lipinski definition) is 2. The van der Waals surface area contributed by atoms with E-state index in [-0.39, 0.29) is 5.91 Å². The van der Waals surface area contributed by atoms with Crippen LogP contribution >= 0.6 is 15.9 Å². The van der Waals surface area contributed by atoms with Crippen LogP contribution in [0.1, 0.15) is 17.5 Å². The number of para-hydroxylation sites is 1. The number of nitrogens with zero attached hydrogens (tertiary/aromatic N) is 1. The van der Waals surface area contributed by atoms with Gasteiger partial charge in [0.15, 0.2) is 0 Å². The molecule has 114 valence electrons. The monoisotopic (exact) mass is 358 g/mol. The maximum atomic E-state index is 12.3. The highest BCUT2D eigenvalue weighted by Crippen LogP contribution is 2.26. The molecule has 3 nitrogen and oxygen atoms in total. The highest BCUT2D eigenvalue weighted by molar-refractivity contribution is 9.10. The standard InChI is InChI=1S/C18H19BrN2O/c1-13-8-9-15(11-16(13)19)20-18(22)12-21-10-4-6-14-5-2-3-7-17(14)21/h2-3,5,7-9,11H,4,6,10,12H2,1H3,(H,20,22). The first-order chi connectivity index (χ1) is 10.6. The Balaban J connectivity index is 1.69. The van der Waals surface area contributed by atoms with E-state index in [4.69, 9.17) is 0 Å². The molecule has 0 saturated carbocycles. The fraction of sp³-hybridized carbons (Fsp3) is 0.278. The van der Waals surface area contributed by atoms with Crippen molar-refractivity contribution in [1.82, 2.24) is 0 Å². The van der Waals surface area contributed by atoms with Crippen molar-refractivity contribution in [1.29, 1.82) is 0 Å². The summed E-state index contributed by atoms with van der Waals surface area (Å²) in [6.07, 6.45) is 2.19. The van der Waals surface area contributed by atoms with E-state index in [1.165, 1.54) is 11.3 Å². The second-order valence-electron chi connectivity index (χ2n) is 5.67. The summed E-state index contributed by atoms with van der Waals surface area (Å²) in [4.78, 5) is 14.5. The maximum Gasteiger partial charge on any atom is 0.243 e. The first-order valence-corrected chi connectivity index (χ1v) is 8.31. The van der Waals surface area contributed by atoms with Gasteiger partial charge < -0.3 is 10.2 Å². The molecule has 1 N–H and O–H groups in total. The molecule has 1 heterocycles. The Labute approximate surface area is 139 Å². The number of halogens is 1. The molecule has 3 rings (SSSR count). The summed E-state index contributed by atoms with van der Waals surface area (Å²) >= 11 is 3.49. The third kappa shape index (κ3) is 3.33. The third-order valence-electron chi connectivity index (χ3n) is 4.00. The first-order valence-electron chi connectivity index (χ1n) is 7.52. The number of aryl methyl sites for hydroxylation is 2. The molecular weight excluding hydrogens is 340 g/mol. The molecule has 0 saturated heterocycles. The van der Waals surface area contributed by atoms with Crippen molar-refractivity contribution in [2.45, 2.75) is 19.8 Å². The van der Waals surface area contributed by atoms with E-state index >= 15 is 0 Å². The van der Waals surface area contributed by atoms with E-state index in [1.54, 1.807) is 0 Å². The van der Waals surface area contributed by atoms with Crippen LogP contribution in [0, 0.1) is 6.92 Å². The molecule has 1 aliphatic rings. The Bertz CT molecular complexity index is 699. The topological polar surface area (TPSA) is 32.3 Å². The van der Waals surface area contributed by atoms with Crippen LogP contribution in [0.2, 0.25) is 0 Å². The van der Waals surface area contributed by atoms with Crippen LogP contribution in [-0.2, 0) is 11.2 Å². The summed E-state index contributed by atoms with van der Waals surface area (Å²) in [5, 5.41) is 2.98. The van der Waals surface area contributed by atoms with Crippen molar-refractivity contribution in [2.75, 3.05) is 23.3 Å². The summed E-state index contributed by atoms with van der Waals surface area (Å²) in [6.45, 7) is 3.35. The van der Waals surface area contributed by atoms with Crippen LogP contribution < -0.4 is 10.2 Å². The number of rotatable bonds is 3. The third-order valence-corrected chi connectivity index (χ3v) is 4.85. The molecule has 2 aromatic rings. The van der Waals surface area contributed by atoms with Crippen molar-refractivity contribution in [3.63, 3.8) is 0 Å². The largest absolute Gasteiger partial charge is 0.362 e. The number of carbonyl (C=O) groups is 1. The van der Waals surface area contributed by atoms with Gasteiger partial charge in [0.05, 0.1) is 6.54 Å². The molecule has 22 heavy (non-hydrogen) atoms. The van der Waals surface area contributed by atoms with Gasteiger partial charge in [-0.3, -0.25) is 4.79 Å². The first kappa shape index (κ1) is 15.1. The molecule has 0 bridgehead atoms. The van der Waals surface area contributed by atoms with Crippen molar-refractivity contribution in [3.05, 3.63) is 58.1 Å². The lowest BCUT2D eigenvalue weighted by Crippen LogP contribution is -2.36. The minimum Gasteiger partial charge on any atom is -0.362 e. The zero-order valence-corrected chi connectivity index (χ0v) is 14.2. The predicted octanol–water partition coefficient (Wildman–Crippen LogP) is 4.15. The quantitative estimate of drug-likeness (QED) is 0.893. The molecule has 0 unspecified atom stereocenters. The number of nitrogens with one attached hydrogen (secondary N) is 1. The average molecular weight is 359 g/mol. The molecular formula is C18H19BrN2O. The normalized spacial score (nSPS) is 13.6. The molecule has 0 fully saturated rings. The van der Waals surface area contributed by atoms with E-state index < -0.39 is 0 Å². The number of fused-ring (bicyclic) bond motifs is 1. The molecule has 0 radical (unpaired) electrons. The fourth-order valence-corrected chi connectivity index (χ4v) is 3.20. The Morgan fingerprint density at radius 2 is 2.09 bits per heavy atom. The molecule has 0 aliphatic carbocycles. The molecule has 2 aromatic carbocycles. The lowest BCUT2D eigenvalue weighted by molar-refractivity contribution is -0.115. The lowest BCUT2D eigenvalue weighted by Gasteiger charge is -2.30. The van der Waals surface area contributed by atoms with Crippen LogP contribution in [-0.4, -0.2) is 19.0 Å². The second kappa shape index (κ2) is 6.53. The van der Waals surface area contributed by atoms with Crippen molar-refractivity contribution in [3.8, 4) is 0 Å². The molecule has 1 aliphatic heterocycles. The highest BCUT2D eigenvalue weighted by atomic mass is 79.9. The Morgan fingerprint density at radius 3 is 2.91 bits per heavy atom. The van der Waals surface area contributed by atoms with Gasteiger partial charge in [0.25, 0.3) is 0 Å². The van der Waals surface area contributed by atoms with E-state index in [2.05, 4.69) is 44.3 Å². The second-order valence-corrected chi connectivity index (χ2v) is 6.52. The summed E-state index contributed by atoms with van der Waals surface area (Å²) < 4.78 is 1.01. The van der Waals surface area contributed by atoms with Crippen LogP contribution in [0.3, 0.4) is 0 Å². The van der Waals surface area contributed by atoms with Gasteiger partial charge in [-0.15, -0.1) is 0 Å². The van der Waals surface area contributed by atoms with Gasteiger partial charge in [0.2, 0.25) is 5.91 Å². The van der Waals surface area contributed by atoms with Gasteiger partial charge in [-0.25, -0.2) is 0 Å². The van der Waals surface area contributed by atoms with Crippen LogP contribution in [0.5, 0.6) is 0 Å². The fourth-order valence-electron chi connectivity index (χ4n) is 2.82. The van der Waals surface area contributed by atoms with Crippen molar-refractivity contribution < 1.29 is 4.79 Å². The predicted molar refractivity (Wildman–Crippen MR) is 94.5 cm³/mol. The number of amides is 1. The van der Waals surface area contributed by atoms with Crippen LogP contribution in [0.4, 0.5) is 11.4 Å². The number of anilines is 2. The summed E-state index contributed by atoms with van der Waals surface area (Å²) in [5.41, 5.74) is 4.50. The van der Waals surface area contributed by atoms with Crippen molar-refractivity contribution >= 4 is 33.2 Å². The summed E-state index contributed by atoms with van der Waals surface area (Å²) in [7, 11) is 0. The van der Waals surface area contributed by atoms with Gasteiger partial charge in [-0.2, -0.15) is 0 Å². The Hall–Kier alpha value is -1.81. The van der Waals surface area contributed by atoms with Gasteiger partial charge in [-0.05, 0) is 49.1 Å². The van der Waals surface area contributed by atoms with Gasteiger partial charge in [0, 0.05) is 22.4 Å². The van der Waals surface area contributed by atoms with E-state index in [9.17, 15) is 4.79 Å². The molecule has 0 aromatic heterocycles. The molecule has 0 spiro atoms. The molecule has 0 atom stereocenters. The average Bonchev–Trinajstić information content (AvgIpc) is 2.51. The minimum absolute atomic E-state index is 0.0208. The SMILES string of the molecule is Cc1ccc(NC(=O)CN2CCCc3ccccc32)cc1Br. The maximum absolute atomic E-state index is 12.3. The Morgan fingerprint density at radius 1 is 1.27 bits per heavy atom. The zero-order chi connectivity index (χ0) is 15.5. The van der Waals surface area contributed by atoms with Crippen LogP contribution in [0.25, 0.3) is 0 Å². The lowest BCUT2D eigenvalue weighted by atomic mass is 10.0. The summed E-state index contributed by atoms with van der Waals surface area (Å²) in [6, 6.07) is 14.2. The van der Waals surface area contributed by atoms with Crippen LogP contribution in [0.15, 0.2) is 46.9 Å².